The van der Waals surface area contributed by atoms with E-state index in [-0.39, 0.29) is 6.04 Å². The number of ether oxygens (including phenoxy) is 1. The van der Waals surface area contributed by atoms with E-state index in [9.17, 15) is 0 Å². The quantitative estimate of drug-likeness (QED) is 0.814. The SMILES string of the molecule is COc1cc(C)nc(N2CCN(C(C)c3nc(C4CC4)no3)CC2)n1. The minimum Gasteiger partial charge on any atom is -0.481 e. The molecule has 8 nitrogen and oxygen atoms in total. The van der Waals surface area contributed by atoms with Gasteiger partial charge in [-0.05, 0) is 26.7 Å². The summed E-state index contributed by atoms with van der Waals surface area (Å²) in [7, 11) is 1.63. The Hall–Kier alpha value is -2.22. The van der Waals surface area contributed by atoms with Crippen LogP contribution in [0.25, 0.3) is 0 Å². The minimum absolute atomic E-state index is 0.134. The first-order valence-electron chi connectivity index (χ1n) is 8.86. The van der Waals surface area contributed by atoms with Crippen LogP contribution in [0.5, 0.6) is 5.88 Å². The van der Waals surface area contributed by atoms with E-state index in [1.807, 2.05) is 13.0 Å². The Morgan fingerprint density at radius 3 is 2.60 bits per heavy atom. The van der Waals surface area contributed by atoms with Gasteiger partial charge >= 0.3 is 0 Å². The van der Waals surface area contributed by atoms with E-state index in [0.29, 0.717) is 11.8 Å². The molecule has 0 spiro atoms. The number of aromatic nitrogens is 4. The van der Waals surface area contributed by atoms with Gasteiger partial charge in [0, 0.05) is 43.9 Å². The molecule has 2 aromatic heterocycles. The largest absolute Gasteiger partial charge is 0.481 e. The molecule has 0 N–H and O–H groups in total. The summed E-state index contributed by atoms with van der Waals surface area (Å²) >= 11 is 0. The summed E-state index contributed by atoms with van der Waals surface area (Å²) in [6.45, 7) is 7.62. The monoisotopic (exact) mass is 344 g/mol. The minimum atomic E-state index is 0.134. The van der Waals surface area contributed by atoms with Gasteiger partial charge in [0.2, 0.25) is 17.7 Å². The van der Waals surface area contributed by atoms with Crippen LogP contribution in [-0.2, 0) is 0 Å². The maximum absolute atomic E-state index is 5.48. The smallest absolute Gasteiger partial charge is 0.243 e. The summed E-state index contributed by atoms with van der Waals surface area (Å²) in [4.78, 5) is 18.2. The number of anilines is 1. The first-order chi connectivity index (χ1) is 12.1. The van der Waals surface area contributed by atoms with Crippen LogP contribution in [0.3, 0.4) is 0 Å². The molecule has 4 rings (SSSR count). The van der Waals surface area contributed by atoms with Crippen molar-refractivity contribution in [3.05, 3.63) is 23.5 Å². The fraction of sp³-hybridized carbons (Fsp3) is 0.647. The van der Waals surface area contributed by atoms with Gasteiger partial charge in [-0.3, -0.25) is 4.90 Å². The zero-order chi connectivity index (χ0) is 17.4. The fourth-order valence-corrected chi connectivity index (χ4v) is 3.16. The predicted octanol–water partition coefficient (Wildman–Crippen LogP) is 1.94. The van der Waals surface area contributed by atoms with Crippen LogP contribution >= 0.6 is 0 Å². The van der Waals surface area contributed by atoms with Crippen molar-refractivity contribution < 1.29 is 9.26 Å². The standard InChI is InChI=1S/C17H24N6O2/c1-11-10-14(24-3)19-17(18-11)23-8-6-22(7-9-23)12(2)16-20-15(21-25-16)13-4-5-13/h10,12-13H,4-9H2,1-3H3. The average molecular weight is 344 g/mol. The van der Waals surface area contributed by atoms with Crippen molar-refractivity contribution in [3.8, 4) is 5.88 Å². The van der Waals surface area contributed by atoms with Crippen LogP contribution in [0.2, 0.25) is 0 Å². The maximum Gasteiger partial charge on any atom is 0.243 e. The van der Waals surface area contributed by atoms with Gasteiger partial charge in [0.1, 0.15) is 0 Å². The van der Waals surface area contributed by atoms with Crippen molar-refractivity contribution in [2.45, 2.75) is 38.6 Å². The molecule has 1 unspecified atom stereocenters. The van der Waals surface area contributed by atoms with Crippen molar-refractivity contribution >= 4 is 5.95 Å². The second kappa shape index (κ2) is 6.59. The topological polar surface area (TPSA) is 80.4 Å². The fourth-order valence-electron chi connectivity index (χ4n) is 3.16. The van der Waals surface area contributed by atoms with Gasteiger partial charge in [-0.1, -0.05) is 5.16 Å². The molecule has 1 saturated carbocycles. The molecular formula is C17H24N6O2. The van der Waals surface area contributed by atoms with E-state index in [2.05, 4.69) is 36.8 Å². The van der Waals surface area contributed by atoms with Crippen LogP contribution in [-0.4, -0.2) is 58.3 Å². The highest BCUT2D eigenvalue weighted by Gasteiger charge is 2.31. The molecule has 8 heteroatoms. The first kappa shape index (κ1) is 16.3. The van der Waals surface area contributed by atoms with Crippen molar-refractivity contribution in [1.82, 2.24) is 25.0 Å². The van der Waals surface area contributed by atoms with E-state index in [1.165, 1.54) is 12.8 Å². The van der Waals surface area contributed by atoms with E-state index < -0.39 is 0 Å². The molecule has 1 atom stereocenters. The Bertz CT molecular complexity index is 736. The molecule has 2 aromatic rings. The second-order valence-corrected chi connectivity index (χ2v) is 6.82. The number of piperazine rings is 1. The molecule has 1 aliphatic heterocycles. The molecular weight excluding hydrogens is 320 g/mol. The lowest BCUT2D eigenvalue weighted by Crippen LogP contribution is -2.47. The van der Waals surface area contributed by atoms with Crippen molar-refractivity contribution in [2.24, 2.45) is 0 Å². The van der Waals surface area contributed by atoms with Crippen LogP contribution in [0.1, 0.15) is 49.1 Å². The molecule has 25 heavy (non-hydrogen) atoms. The second-order valence-electron chi connectivity index (χ2n) is 6.82. The van der Waals surface area contributed by atoms with Crippen molar-refractivity contribution in [1.29, 1.82) is 0 Å². The van der Waals surface area contributed by atoms with Crippen LogP contribution in [0.15, 0.2) is 10.6 Å². The first-order valence-corrected chi connectivity index (χ1v) is 8.86. The molecule has 0 bridgehead atoms. The lowest BCUT2D eigenvalue weighted by Gasteiger charge is -2.36. The number of hydrogen-bond acceptors (Lipinski definition) is 8. The van der Waals surface area contributed by atoms with E-state index in [0.717, 1.165) is 49.5 Å². The summed E-state index contributed by atoms with van der Waals surface area (Å²) in [5, 5.41) is 4.13. The van der Waals surface area contributed by atoms with E-state index in [1.54, 1.807) is 7.11 Å². The van der Waals surface area contributed by atoms with Crippen LogP contribution in [0.4, 0.5) is 5.95 Å². The van der Waals surface area contributed by atoms with Gasteiger partial charge in [-0.25, -0.2) is 4.98 Å². The lowest BCUT2D eigenvalue weighted by molar-refractivity contribution is 0.163. The van der Waals surface area contributed by atoms with Crippen molar-refractivity contribution in [2.75, 3.05) is 38.2 Å². The Morgan fingerprint density at radius 2 is 1.92 bits per heavy atom. The molecule has 1 saturated heterocycles. The summed E-state index contributed by atoms with van der Waals surface area (Å²) in [5.41, 5.74) is 0.913. The molecule has 2 aliphatic rings. The van der Waals surface area contributed by atoms with E-state index in [4.69, 9.17) is 9.26 Å². The zero-order valence-electron chi connectivity index (χ0n) is 15.0. The third kappa shape index (κ3) is 3.44. The highest BCUT2D eigenvalue weighted by Crippen LogP contribution is 2.38. The maximum atomic E-state index is 5.48. The number of nitrogens with zero attached hydrogens (tertiary/aromatic N) is 6. The van der Waals surface area contributed by atoms with Gasteiger partial charge in [0.05, 0.1) is 13.2 Å². The Morgan fingerprint density at radius 1 is 1.16 bits per heavy atom. The number of methoxy groups -OCH3 is 1. The lowest BCUT2D eigenvalue weighted by atomic mass is 10.2. The number of aryl methyl sites for hydroxylation is 1. The third-order valence-corrected chi connectivity index (χ3v) is 4.93. The molecule has 1 aliphatic carbocycles. The molecule has 0 amide bonds. The molecule has 134 valence electrons. The van der Waals surface area contributed by atoms with Gasteiger partial charge in [0.15, 0.2) is 5.82 Å². The van der Waals surface area contributed by atoms with Gasteiger partial charge in [0.25, 0.3) is 0 Å². The van der Waals surface area contributed by atoms with E-state index >= 15 is 0 Å². The average Bonchev–Trinajstić information content (AvgIpc) is 3.37. The highest BCUT2D eigenvalue weighted by molar-refractivity contribution is 5.35. The Balaban J connectivity index is 1.39. The van der Waals surface area contributed by atoms with Gasteiger partial charge < -0.3 is 14.2 Å². The van der Waals surface area contributed by atoms with Crippen LogP contribution < -0.4 is 9.64 Å². The Labute approximate surface area is 147 Å². The highest BCUT2D eigenvalue weighted by atomic mass is 16.5. The normalized spacial score (nSPS) is 19.9. The van der Waals surface area contributed by atoms with Crippen LogP contribution in [0, 0.1) is 6.92 Å². The molecule has 2 fully saturated rings. The van der Waals surface area contributed by atoms with Gasteiger partial charge in [-0.2, -0.15) is 9.97 Å². The van der Waals surface area contributed by atoms with Crippen molar-refractivity contribution in [3.63, 3.8) is 0 Å². The summed E-state index contributed by atoms with van der Waals surface area (Å²) in [6, 6.07) is 1.98. The Kier molecular flexibility index (Phi) is 4.29. The predicted molar refractivity (Wildman–Crippen MR) is 91.8 cm³/mol. The number of hydrogen-bond donors (Lipinski definition) is 0. The summed E-state index contributed by atoms with van der Waals surface area (Å²) in [5.74, 6) is 3.47. The zero-order valence-corrected chi connectivity index (χ0v) is 15.0. The van der Waals surface area contributed by atoms with Gasteiger partial charge in [-0.15, -0.1) is 0 Å². The number of rotatable bonds is 5. The molecule has 0 aromatic carbocycles. The third-order valence-electron chi connectivity index (χ3n) is 4.93. The summed E-state index contributed by atoms with van der Waals surface area (Å²) < 4.78 is 10.7. The molecule has 0 radical (unpaired) electrons. The summed E-state index contributed by atoms with van der Waals surface area (Å²) in [6.07, 6.45) is 2.37. The molecule has 3 heterocycles.